The smallest absolute Gasteiger partial charge is 0.118 e. The van der Waals surface area contributed by atoms with Crippen LogP contribution in [0.1, 0.15) is 32.8 Å². The van der Waals surface area contributed by atoms with Crippen molar-refractivity contribution in [1.82, 2.24) is 4.90 Å². The van der Waals surface area contributed by atoms with Gasteiger partial charge in [-0.05, 0) is 49.3 Å². The zero-order chi connectivity index (χ0) is 15.5. The molecule has 3 heteroatoms. The Hall–Kier alpha value is -1.06. The molecule has 0 aliphatic carbocycles. The van der Waals surface area contributed by atoms with Crippen LogP contribution in [-0.2, 0) is 6.42 Å². The van der Waals surface area contributed by atoms with E-state index < -0.39 is 0 Å². The van der Waals surface area contributed by atoms with Crippen LogP contribution >= 0.6 is 0 Å². The second-order valence-electron chi connectivity index (χ2n) is 6.91. The molecule has 1 aromatic rings. The van der Waals surface area contributed by atoms with Crippen LogP contribution in [0.2, 0.25) is 0 Å². The van der Waals surface area contributed by atoms with Gasteiger partial charge in [-0.1, -0.05) is 26.0 Å². The first-order valence-corrected chi connectivity index (χ1v) is 8.06. The van der Waals surface area contributed by atoms with Crippen LogP contribution in [0.4, 0.5) is 0 Å². The summed E-state index contributed by atoms with van der Waals surface area (Å²) in [5.41, 5.74) is 7.59. The lowest BCUT2D eigenvalue weighted by atomic mass is 9.91. The number of hydrogen-bond donors (Lipinski definition) is 1. The molecule has 0 saturated carbocycles. The fraction of sp³-hybridized carbons (Fsp3) is 0.667. The molecular weight excluding hydrogens is 260 g/mol. The summed E-state index contributed by atoms with van der Waals surface area (Å²) in [6, 6.07) is 8.39. The summed E-state index contributed by atoms with van der Waals surface area (Å²) in [4.78, 5) is 2.60. The molecule has 1 saturated heterocycles. The van der Waals surface area contributed by atoms with Crippen molar-refractivity contribution >= 4 is 0 Å². The van der Waals surface area contributed by atoms with E-state index in [0.717, 1.165) is 37.0 Å². The zero-order valence-corrected chi connectivity index (χ0v) is 13.9. The minimum absolute atomic E-state index is 0.110. The largest absolute Gasteiger partial charge is 0.497 e. The number of likely N-dealkylation sites (tertiary alicyclic amines) is 1. The Morgan fingerprint density at radius 1 is 1.19 bits per heavy atom. The van der Waals surface area contributed by atoms with E-state index in [0.29, 0.717) is 0 Å². The standard InChI is InChI=1S/C18H30N2O/c1-14-11-20(12-15(14)2)18(3,13-19)10-9-16-5-7-17(21-4)8-6-16/h5-8,14-15H,9-13,19H2,1-4H3. The van der Waals surface area contributed by atoms with E-state index in [1.165, 1.54) is 18.7 Å². The predicted molar refractivity (Wildman–Crippen MR) is 88.7 cm³/mol. The van der Waals surface area contributed by atoms with Crippen LogP contribution in [0.5, 0.6) is 5.75 Å². The van der Waals surface area contributed by atoms with Crippen LogP contribution in [0.25, 0.3) is 0 Å². The lowest BCUT2D eigenvalue weighted by molar-refractivity contribution is 0.126. The fourth-order valence-electron chi connectivity index (χ4n) is 3.17. The summed E-state index contributed by atoms with van der Waals surface area (Å²) in [6.45, 7) is 10.1. The first-order valence-electron chi connectivity index (χ1n) is 8.06. The average molecular weight is 290 g/mol. The van der Waals surface area contributed by atoms with Gasteiger partial charge in [-0.3, -0.25) is 4.90 Å². The Bertz CT molecular complexity index is 435. The van der Waals surface area contributed by atoms with Gasteiger partial charge in [0.1, 0.15) is 5.75 Å². The van der Waals surface area contributed by atoms with Gasteiger partial charge in [0.15, 0.2) is 0 Å². The highest BCUT2D eigenvalue weighted by atomic mass is 16.5. The number of ether oxygens (including phenoxy) is 1. The van der Waals surface area contributed by atoms with Crippen molar-refractivity contribution in [1.29, 1.82) is 0 Å². The minimum Gasteiger partial charge on any atom is -0.497 e. The van der Waals surface area contributed by atoms with Crippen molar-refractivity contribution in [3.05, 3.63) is 29.8 Å². The third kappa shape index (κ3) is 3.78. The zero-order valence-electron chi connectivity index (χ0n) is 13.9. The highest BCUT2D eigenvalue weighted by molar-refractivity contribution is 5.27. The van der Waals surface area contributed by atoms with Gasteiger partial charge in [0.2, 0.25) is 0 Å². The number of methoxy groups -OCH3 is 1. The van der Waals surface area contributed by atoms with Gasteiger partial charge in [-0.15, -0.1) is 0 Å². The first-order chi connectivity index (χ1) is 9.98. The maximum Gasteiger partial charge on any atom is 0.118 e. The van der Waals surface area contributed by atoms with Gasteiger partial charge in [0.25, 0.3) is 0 Å². The fourth-order valence-corrected chi connectivity index (χ4v) is 3.17. The SMILES string of the molecule is COc1ccc(CCC(C)(CN)N2CC(C)C(C)C2)cc1. The van der Waals surface area contributed by atoms with Crippen molar-refractivity contribution in [2.24, 2.45) is 17.6 Å². The van der Waals surface area contributed by atoms with E-state index in [4.69, 9.17) is 10.5 Å². The van der Waals surface area contributed by atoms with Gasteiger partial charge in [-0.25, -0.2) is 0 Å². The molecule has 118 valence electrons. The molecule has 1 aromatic carbocycles. The molecule has 2 N–H and O–H groups in total. The number of nitrogens with zero attached hydrogens (tertiary/aromatic N) is 1. The average Bonchev–Trinajstić information content (AvgIpc) is 2.85. The summed E-state index contributed by atoms with van der Waals surface area (Å²) >= 11 is 0. The van der Waals surface area contributed by atoms with Crippen molar-refractivity contribution < 1.29 is 4.74 Å². The molecule has 0 aromatic heterocycles. The van der Waals surface area contributed by atoms with Gasteiger partial charge >= 0.3 is 0 Å². The van der Waals surface area contributed by atoms with E-state index in [2.05, 4.69) is 37.8 Å². The number of aryl methyl sites for hydroxylation is 1. The molecule has 2 rings (SSSR count). The maximum absolute atomic E-state index is 6.13. The van der Waals surface area contributed by atoms with Crippen LogP contribution in [-0.4, -0.2) is 37.2 Å². The summed E-state index contributed by atoms with van der Waals surface area (Å²) in [6.07, 6.45) is 2.17. The van der Waals surface area contributed by atoms with Crippen molar-refractivity contribution in [3.8, 4) is 5.75 Å². The molecule has 3 unspecified atom stereocenters. The predicted octanol–water partition coefficient (Wildman–Crippen LogP) is 2.93. The molecule has 1 fully saturated rings. The maximum atomic E-state index is 6.13. The van der Waals surface area contributed by atoms with Crippen LogP contribution < -0.4 is 10.5 Å². The minimum atomic E-state index is 0.110. The number of rotatable bonds is 6. The number of hydrogen-bond acceptors (Lipinski definition) is 3. The van der Waals surface area contributed by atoms with Crippen molar-refractivity contribution in [2.45, 2.75) is 39.2 Å². The molecule has 1 aliphatic heterocycles. The molecule has 0 radical (unpaired) electrons. The van der Waals surface area contributed by atoms with E-state index >= 15 is 0 Å². The molecule has 3 nitrogen and oxygen atoms in total. The van der Waals surface area contributed by atoms with Crippen molar-refractivity contribution in [2.75, 3.05) is 26.7 Å². The molecule has 1 heterocycles. The van der Waals surface area contributed by atoms with E-state index in [-0.39, 0.29) is 5.54 Å². The number of nitrogens with two attached hydrogens (primary N) is 1. The normalized spacial score (nSPS) is 25.8. The van der Waals surface area contributed by atoms with Gasteiger partial charge in [0, 0.05) is 25.2 Å². The highest BCUT2D eigenvalue weighted by Crippen LogP contribution is 2.31. The van der Waals surface area contributed by atoms with Gasteiger partial charge in [-0.2, -0.15) is 0 Å². The summed E-state index contributed by atoms with van der Waals surface area (Å²) in [5, 5.41) is 0. The summed E-state index contributed by atoms with van der Waals surface area (Å²) in [5.74, 6) is 2.47. The molecular formula is C18H30N2O. The Morgan fingerprint density at radius 3 is 2.24 bits per heavy atom. The second kappa shape index (κ2) is 6.80. The third-order valence-electron chi connectivity index (χ3n) is 5.30. The summed E-state index contributed by atoms with van der Waals surface area (Å²) < 4.78 is 5.21. The van der Waals surface area contributed by atoms with Crippen LogP contribution in [0, 0.1) is 11.8 Å². The quantitative estimate of drug-likeness (QED) is 0.875. The third-order valence-corrected chi connectivity index (χ3v) is 5.30. The van der Waals surface area contributed by atoms with Gasteiger partial charge < -0.3 is 10.5 Å². The lowest BCUT2D eigenvalue weighted by Gasteiger charge is -2.38. The Balaban J connectivity index is 1.97. The monoisotopic (exact) mass is 290 g/mol. The van der Waals surface area contributed by atoms with Crippen LogP contribution in [0.15, 0.2) is 24.3 Å². The van der Waals surface area contributed by atoms with Crippen LogP contribution in [0.3, 0.4) is 0 Å². The molecule has 21 heavy (non-hydrogen) atoms. The highest BCUT2D eigenvalue weighted by Gasteiger charge is 2.37. The molecule has 0 amide bonds. The lowest BCUT2D eigenvalue weighted by Crippen LogP contribution is -2.51. The molecule has 3 atom stereocenters. The van der Waals surface area contributed by atoms with Gasteiger partial charge in [0.05, 0.1) is 7.11 Å². The van der Waals surface area contributed by atoms with E-state index in [1.54, 1.807) is 7.11 Å². The second-order valence-corrected chi connectivity index (χ2v) is 6.91. The first kappa shape index (κ1) is 16.3. The van der Waals surface area contributed by atoms with E-state index in [1.807, 2.05) is 12.1 Å². The van der Waals surface area contributed by atoms with E-state index in [9.17, 15) is 0 Å². The topological polar surface area (TPSA) is 38.5 Å². The molecule has 0 bridgehead atoms. The summed E-state index contributed by atoms with van der Waals surface area (Å²) in [7, 11) is 1.70. The Morgan fingerprint density at radius 2 is 1.76 bits per heavy atom. The Labute approximate surface area is 129 Å². The van der Waals surface area contributed by atoms with Crippen molar-refractivity contribution in [3.63, 3.8) is 0 Å². The Kier molecular flexibility index (Phi) is 5.28. The molecule has 0 spiro atoms. The molecule has 1 aliphatic rings. The number of benzene rings is 1.